The highest BCUT2D eigenvalue weighted by molar-refractivity contribution is 5.40. The van der Waals surface area contributed by atoms with Crippen LogP contribution in [0.1, 0.15) is 16.7 Å². The molecule has 18 heavy (non-hydrogen) atoms. The van der Waals surface area contributed by atoms with Crippen LogP contribution in [0.3, 0.4) is 0 Å². The first kappa shape index (κ1) is 12.4. The normalized spacial score (nSPS) is 10.2. The van der Waals surface area contributed by atoms with E-state index >= 15 is 0 Å². The van der Waals surface area contributed by atoms with Crippen LogP contribution in [0.4, 0.5) is 5.82 Å². The fourth-order valence-corrected chi connectivity index (χ4v) is 1.78. The van der Waals surface area contributed by atoms with Crippen molar-refractivity contribution in [3.8, 4) is 5.75 Å². The van der Waals surface area contributed by atoms with Crippen molar-refractivity contribution in [2.75, 3.05) is 5.43 Å². The number of pyridine rings is 1. The molecule has 94 valence electrons. The van der Waals surface area contributed by atoms with Crippen LogP contribution < -0.4 is 16.0 Å². The minimum atomic E-state index is 0.504. The highest BCUT2D eigenvalue weighted by Crippen LogP contribution is 2.23. The molecule has 4 nitrogen and oxygen atoms in total. The van der Waals surface area contributed by atoms with E-state index in [1.54, 1.807) is 6.20 Å². The molecule has 2 aromatic rings. The molecule has 1 aromatic heterocycles. The van der Waals surface area contributed by atoms with Crippen molar-refractivity contribution in [2.24, 2.45) is 5.84 Å². The first-order valence-electron chi connectivity index (χ1n) is 5.81. The standard InChI is InChI=1S/C14H17N3O/c1-10-4-3-5-11(2)14(10)18-9-12-6-7-13(17-15)16-8-12/h3-8H,9,15H2,1-2H3,(H,16,17). The van der Waals surface area contributed by atoms with Crippen LogP contribution >= 0.6 is 0 Å². The van der Waals surface area contributed by atoms with Gasteiger partial charge in [0.2, 0.25) is 0 Å². The summed E-state index contributed by atoms with van der Waals surface area (Å²) >= 11 is 0. The van der Waals surface area contributed by atoms with Crippen molar-refractivity contribution in [2.45, 2.75) is 20.5 Å². The summed E-state index contributed by atoms with van der Waals surface area (Å²) in [5.74, 6) is 6.85. The molecule has 0 bridgehead atoms. The number of para-hydroxylation sites is 1. The summed E-state index contributed by atoms with van der Waals surface area (Å²) in [6.45, 7) is 4.59. The summed E-state index contributed by atoms with van der Waals surface area (Å²) < 4.78 is 5.84. The minimum Gasteiger partial charge on any atom is -0.488 e. The average molecular weight is 243 g/mol. The number of nitrogens with one attached hydrogen (secondary N) is 1. The maximum atomic E-state index is 5.84. The van der Waals surface area contributed by atoms with E-state index < -0.39 is 0 Å². The molecule has 3 N–H and O–H groups in total. The van der Waals surface area contributed by atoms with E-state index in [-0.39, 0.29) is 0 Å². The van der Waals surface area contributed by atoms with Gasteiger partial charge in [-0.2, -0.15) is 0 Å². The molecule has 0 aliphatic heterocycles. The van der Waals surface area contributed by atoms with Crippen LogP contribution in [-0.2, 0) is 6.61 Å². The number of aromatic nitrogens is 1. The molecule has 0 radical (unpaired) electrons. The molecular formula is C14H17N3O. The molecule has 0 fully saturated rings. The molecule has 0 atom stereocenters. The molecule has 4 heteroatoms. The predicted molar refractivity (Wildman–Crippen MR) is 72.3 cm³/mol. The van der Waals surface area contributed by atoms with Gasteiger partial charge in [0.05, 0.1) is 0 Å². The number of benzene rings is 1. The second-order valence-corrected chi connectivity index (χ2v) is 4.21. The SMILES string of the molecule is Cc1cccc(C)c1OCc1ccc(NN)nc1. The molecule has 0 saturated heterocycles. The average Bonchev–Trinajstić information content (AvgIpc) is 2.39. The van der Waals surface area contributed by atoms with Gasteiger partial charge in [-0.3, -0.25) is 0 Å². The summed E-state index contributed by atoms with van der Waals surface area (Å²) in [6.07, 6.45) is 1.75. The molecule has 0 amide bonds. The second-order valence-electron chi connectivity index (χ2n) is 4.21. The van der Waals surface area contributed by atoms with Crippen LogP contribution in [0.5, 0.6) is 5.75 Å². The fraction of sp³-hybridized carbons (Fsp3) is 0.214. The van der Waals surface area contributed by atoms with Crippen molar-refractivity contribution in [1.82, 2.24) is 4.98 Å². The highest BCUT2D eigenvalue weighted by Gasteiger charge is 2.03. The third kappa shape index (κ3) is 2.78. The third-order valence-corrected chi connectivity index (χ3v) is 2.76. The fourth-order valence-electron chi connectivity index (χ4n) is 1.78. The van der Waals surface area contributed by atoms with Gasteiger partial charge in [0.15, 0.2) is 0 Å². The first-order valence-corrected chi connectivity index (χ1v) is 5.81. The zero-order valence-electron chi connectivity index (χ0n) is 10.6. The molecule has 0 unspecified atom stereocenters. The zero-order chi connectivity index (χ0) is 13.0. The van der Waals surface area contributed by atoms with Gasteiger partial charge < -0.3 is 10.2 Å². The Morgan fingerprint density at radius 1 is 1.17 bits per heavy atom. The number of hydrogen-bond acceptors (Lipinski definition) is 4. The Balaban J connectivity index is 2.06. The molecule has 0 aliphatic carbocycles. The van der Waals surface area contributed by atoms with E-state index in [0.29, 0.717) is 12.4 Å². The van der Waals surface area contributed by atoms with E-state index in [1.807, 2.05) is 44.2 Å². The van der Waals surface area contributed by atoms with E-state index in [2.05, 4.69) is 10.4 Å². The lowest BCUT2D eigenvalue weighted by Crippen LogP contribution is -2.08. The van der Waals surface area contributed by atoms with Crippen LogP contribution in [-0.4, -0.2) is 4.98 Å². The Kier molecular flexibility index (Phi) is 3.79. The van der Waals surface area contributed by atoms with Crippen LogP contribution in [0.25, 0.3) is 0 Å². The highest BCUT2D eigenvalue weighted by atomic mass is 16.5. The van der Waals surface area contributed by atoms with Gasteiger partial charge in [0.25, 0.3) is 0 Å². The van der Waals surface area contributed by atoms with Gasteiger partial charge in [0.1, 0.15) is 18.2 Å². The zero-order valence-corrected chi connectivity index (χ0v) is 10.6. The number of hydrazine groups is 1. The maximum absolute atomic E-state index is 5.84. The summed E-state index contributed by atoms with van der Waals surface area (Å²) in [5, 5.41) is 0. The molecule has 0 saturated carbocycles. The van der Waals surface area contributed by atoms with Crippen molar-refractivity contribution in [1.29, 1.82) is 0 Å². The summed E-state index contributed by atoms with van der Waals surface area (Å²) in [4.78, 5) is 4.14. The molecule has 1 aromatic carbocycles. The number of nitrogen functional groups attached to an aromatic ring is 1. The van der Waals surface area contributed by atoms with Gasteiger partial charge in [0, 0.05) is 11.8 Å². The van der Waals surface area contributed by atoms with Crippen molar-refractivity contribution >= 4 is 5.82 Å². The maximum Gasteiger partial charge on any atom is 0.139 e. The van der Waals surface area contributed by atoms with Crippen molar-refractivity contribution in [3.63, 3.8) is 0 Å². The van der Waals surface area contributed by atoms with Crippen molar-refractivity contribution in [3.05, 3.63) is 53.2 Å². The minimum absolute atomic E-state index is 0.504. The summed E-state index contributed by atoms with van der Waals surface area (Å²) in [5.41, 5.74) is 5.79. The molecule has 0 aliphatic rings. The lowest BCUT2D eigenvalue weighted by atomic mass is 10.1. The molecule has 0 spiro atoms. The van der Waals surface area contributed by atoms with Crippen LogP contribution in [0.2, 0.25) is 0 Å². The second kappa shape index (κ2) is 5.51. The van der Waals surface area contributed by atoms with E-state index in [0.717, 1.165) is 22.4 Å². The van der Waals surface area contributed by atoms with Gasteiger partial charge in [-0.25, -0.2) is 10.8 Å². The number of nitrogens with zero attached hydrogens (tertiary/aromatic N) is 1. The summed E-state index contributed by atoms with van der Waals surface area (Å²) in [7, 11) is 0. The number of anilines is 1. The largest absolute Gasteiger partial charge is 0.488 e. The Bertz CT molecular complexity index is 503. The van der Waals surface area contributed by atoms with Crippen LogP contribution in [0.15, 0.2) is 36.5 Å². The van der Waals surface area contributed by atoms with Gasteiger partial charge >= 0.3 is 0 Å². The van der Waals surface area contributed by atoms with Gasteiger partial charge in [-0.05, 0) is 31.0 Å². The lowest BCUT2D eigenvalue weighted by molar-refractivity contribution is 0.301. The van der Waals surface area contributed by atoms with Gasteiger partial charge in [-0.15, -0.1) is 0 Å². The predicted octanol–water partition coefficient (Wildman–Crippen LogP) is 2.56. The third-order valence-electron chi connectivity index (χ3n) is 2.76. The first-order chi connectivity index (χ1) is 8.70. The monoisotopic (exact) mass is 243 g/mol. The molecule has 1 heterocycles. The van der Waals surface area contributed by atoms with E-state index in [9.17, 15) is 0 Å². The number of hydrogen-bond donors (Lipinski definition) is 2. The number of aryl methyl sites for hydroxylation is 2. The number of rotatable bonds is 4. The van der Waals surface area contributed by atoms with E-state index in [1.165, 1.54) is 0 Å². The van der Waals surface area contributed by atoms with Crippen molar-refractivity contribution < 1.29 is 4.74 Å². The number of ether oxygens (including phenoxy) is 1. The smallest absolute Gasteiger partial charge is 0.139 e. The Labute approximate surface area is 107 Å². The van der Waals surface area contributed by atoms with E-state index in [4.69, 9.17) is 10.6 Å². The molecular weight excluding hydrogens is 226 g/mol. The summed E-state index contributed by atoms with van der Waals surface area (Å²) in [6, 6.07) is 9.88. The molecule has 2 rings (SSSR count). The lowest BCUT2D eigenvalue weighted by Gasteiger charge is -2.11. The van der Waals surface area contributed by atoms with Gasteiger partial charge in [-0.1, -0.05) is 24.3 Å². The topological polar surface area (TPSA) is 60.2 Å². The Hall–Kier alpha value is -2.07. The number of nitrogens with two attached hydrogens (primary N) is 1. The Morgan fingerprint density at radius 2 is 1.89 bits per heavy atom. The van der Waals surface area contributed by atoms with Crippen LogP contribution in [0, 0.1) is 13.8 Å². The Morgan fingerprint density at radius 3 is 2.44 bits per heavy atom. The quantitative estimate of drug-likeness (QED) is 0.640.